The number of hydrogen-bond acceptors (Lipinski definition) is 6. The first kappa shape index (κ1) is 28.8. The number of rotatable bonds is 8. The zero-order valence-corrected chi connectivity index (χ0v) is 23.7. The number of halogens is 3. The maximum atomic E-state index is 12.9. The molecule has 218 valence electrons. The molecule has 1 aliphatic carbocycles. The second-order valence-electron chi connectivity index (χ2n) is 11.8. The van der Waals surface area contributed by atoms with Gasteiger partial charge in [-0.15, -0.1) is 0 Å². The van der Waals surface area contributed by atoms with Gasteiger partial charge in [0.05, 0.1) is 12.5 Å². The van der Waals surface area contributed by atoms with Gasteiger partial charge in [0.1, 0.15) is 5.65 Å². The maximum Gasteiger partial charge on any atom is 0.391 e. The molecule has 1 saturated carbocycles. The molecule has 2 aliphatic rings. The van der Waals surface area contributed by atoms with E-state index in [4.69, 9.17) is 4.98 Å². The molecule has 1 saturated heterocycles. The van der Waals surface area contributed by atoms with E-state index >= 15 is 0 Å². The summed E-state index contributed by atoms with van der Waals surface area (Å²) >= 11 is 0. The van der Waals surface area contributed by atoms with Gasteiger partial charge in [-0.05, 0) is 57.6 Å². The first-order valence-electron chi connectivity index (χ1n) is 14.5. The molecule has 2 aromatic heterocycles. The Labute approximate surface area is 234 Å². The van der Waals surface area contributed by atoms with Crippen LogP contribution in [0.5, 0.6) is 0 Å². The van der Waals surface area contributed by atoms with Crippen LogP contribution >= 0.6 is 0 Å². The number of piperazine rings is 1. The van der Waals surface area contributed by atoms with Crippen molar-refractivity contribution in [3.8, 4) is 11.1 Å². The number of aromatic nitrogens is 3. The zero-order chi connectivity index (χ0) is 28.4. The van der Waals surface area contributed by atoms with Crippen molar-refractivity contribution in [2.75, 3.05) is 31.5 Å². The van der Waals surface area contributed by atoms with Gasteiger partial charge in [-0.1, -0.05) is 24.3 Å². The Balaban J connectivity index is 1.38. The molecule has 2 N–H and O–H groups in total. The second kappa shape index (κ2) is 12.0. The van der Waals surface area contributed by atoms with E-state index in [9.17, 15) is 18.3 Å². The number of benzene rings is 1. The van der Waals surface area contributed by atoms with Crippen LogP contribution in [0.25, 0.3) is 22.2 Å². The molecule has 2 fully saturated rings. The van der Waals surface area contributed by atoms with Gasteiger partial charge in [0.15, 0.2) is 0 Å². The lowest BCUT2D eigenvalue weighted by Gasteiger charge is -2.36. The van der Waals surface area contributed by atoms with E-state index in [1.54, 1.807) is 6.20 Å². The topological polar surface area (TPSA) is 69.5 Å². The van der Waals surface area contributed by atoms with Gasteiger partial charge < -0.3 is 15.0 Å². The Morgan fingerprint density at radius 1 is 1.00 bits per heavy atom. The summed E-state index contributed by atoms with van der Waals surface area (Å²) in [5.74, 6) is 0.193. The van der Waals surface area contributed by atoms with Crippen LogP contribution in [0, 0.1) is 0 Å². The summed E-state index contributed by atoms with van der Waals surface area (Å²) in [4.78, 5) is 14.1. The average molecular weight is 559 g/mol. The predicted molar refractivity (Wildman–Crippen MR) is 152 cm³/mol. The van der Waals surface area contributed by atoms with Crippen LogP contribution in [-0.2, 0) is 6.54 Å². The standard InChI is InChI=1S/C30H41F3N6O/c1-20(2)38-14-12-37(13-15-38)18-22-4-6-23(7-5-22)27-19-39(24-8-10-25(40)11-9-24)28-26(27)17-34-29(36-28)35-21(3)16-30(31,32)33/h4-7,17,19-21,24-25,40H,8-16,18H2,1-3H3,(H,34,35,36)/t21-,24-,25-/m0/s1. The van der Waals surface area contributed by atoms with E-state index in [0.717, 1.165) is 74.9 Å². The lowest BCUT2D eigenvalue weighted by atomic mass is 9.93. The minimum atomic E-state index is -4.26. The number of anilines is 1. The smallest absolute Gasteiger partial charge is 0.391 e. The van der Waals surface area contributed by atoms with Crippen LogP contribution in [0.4, 0.5) is 19.1 Å². The van der Waals surface area contributed by atoms with E-state index in [2.05, 4.69) is 69.0 Å². The number of aliphatic hydroxyl groups excluding tert-OH is 1. The predicted octanol–water partition coefficient (Wildman–Crippen LogP) is 5.85. The van der Waals surface area contributed by atoms with Gasteiger partial charge in [0.2, 0.25) is 5.95 Å². The van der Waals surface area contributed by atoms with Gasteiger partial charge in [-0.25, -0.2) is 4.98 Å². The minimum absolute atomic E-state index is 0.166. The molecule has 3 aromatic rings. The van der Waals surface area contributed by atoms with Crippen LogP contribution in [0.15, 0.2) is 36.7 Å². The van der Waals surface area contributed by atoms with Gasteiger partial charge in [-0.3, -0.25) is 9.80 Å². The van der Waals surface area contributed by atoms with Crippen molar-refractivity contribution in [1.29, 1.82) is 0 Å². The Bertz CT molecular complexity index is 1260. The van der Waals surface area contributed by atoms with Crippen molar-refractivity contribution in [2.24, 2.45) is 0 Å². The van der Waals surface area contributed by atoms with Gasteiger partial charge >= 0.3 is 6.18 Å². The molecule has 7 nitrogen and oxygen atoms in total. The minimum Gasteiger partial charge on any atom is -0.393 e. The molecular weight excluding hydrogens is 517 g/mol. The molecular formula is C30H41F3N6O. The maximum absolute atomic E-state index is 12.9. The molecule has 0 amide bonds. The van der Waals surface area contributed by atoms with Gasteiger partial charge in [0, 0.05) is 74.2 Å². The monoisotopic (exact) mass is 558 g/mol. The first-order chi connectivity index (χ1) is 19.1. The van der Waals surface area contributed by atoms with E-state index < -0.39 is 18.6 Å². The molecule has 0 bridgehead atoms. The third-order valence-electron chi connectivity index (χ3n) is 8.35. The molecule has 1 aromatic carbocycles. The number of nitrogens with one attached hydrogen (secondary N) is 1. The van der Waals surface area contributed by atoms with Crippen LogP contribution in [0.3, 0.4) is 0 Å². The van der Waals surface area contributed by atoms with Crippen LogP contribution in [0.1, 0.15) is 64.5 Å². The summed E-state index contributed by atoms with van der Waals surface area (Å²) in [6.45, 7) is 11.2. The van der Waals surface area contributed by atoms with Crippen LogP contribution in [-0.4, -0.2) is 80.0 Å². The average Bonchev–Trinajstić information content (AvgIpc) is 3.27. The summed E-state index contributed by atoms with van der Waals surface area (Å²) in [7, 11) is 0. The molecule has 0 unspecified atom stereocenters. The highest BCUT2D eigenvalue weighted by Crippen LogP contribution is 2.37. The Hall–Kier alpha value is -2.69. The number of nitrogens with zero attached hydrogens (tertiary/aromatic N) is 5. The molecule has 3 heterocycles. The van der Waals surface area contributed by atoms with Crippen molar-refractivity contribution in [1.82, 2.24) is 24.3 Å². The molecule has 5 rings (SSSR count). The third-order valence-corrected chi connectivity index (χ3v) is 8.35. The van der Waals surface area contributed by atoms with E-state index in [0.29, 0.717) is 11.7 Å². The highest BCUT2D eigenvalue weighted by Gasteiger charge is 2.30. The molecule has 0 radical (unpaired) electrons. The quantitative estimate of drug-likeness (QED) is 0.361. The molecule has 1 aliphatic heterocycles. The summed E-state index contributed by atoms with van der Waals surface area (Å²) in [5.41, 5.74) is 4.05. The van der Waals surface area contributed by atoms with Crippen molar-refractivity contribution >= 4 is 17.0 Å². The highest BCUT2D eigenvalue weighted by molar-refractivity contribution is 5.94. The van der Waals surface area contributed by atoms with Crippen molar-refractivity contribution in [2.45, 2.75) is 89.8 Å². The summed E-state index contributed by atoms with van der Waals surface area (Å²) in [6.07, 6.45) is 1.41. The Morgan fingerprint density at radius 2 is 1.68 bits per heavy atom. The fraction of sp³-hybridized carbons (Fsp3) is 0.600. The largest absolute Gasteiger partial charge is 0.393 e. The number of aliphatic hydroxyl groups is 1. The molecule has 1 atom stereocenters. The number of alkyl halides is 3. The van der Waals surface area contributed by atoms with Gasteiger partial charge in [0.25, 0.3) is 0 Å². The van der Waals surface area contributed by atoms with E-state index in [-0.39, 0.29) is 18.1 Å². The summed E-state index contributed by atoms with van der Waals surface area (Å²) in [5, 5.41) is 13.7. The Kier molecular flexibility index (Phi) is 8.68. The fourth-order valence-electron chi connectivity index (χ4n) is 6.05. The Morgan fingerprint density at radius 3 is 2.30 bits per heavy atom. The van der Waals surface area contributed by atoms with Crippen LogP contribution < -0.4 is 5.32 Å². The van der Waals surface area contributed by atoms with E-state index in [1.165, 1.54) is 12.5 Å². The van der Waals surface area contributed by atoms with Crippen LogP contribution in [0.2, 0.25) is 0 Å². The van der Waals surface area contributed by atoms with Crippen molar-refractivity contribution in [3.05, 3.63) is 42.2 Å². The van der Waals surface area contributed by atoms with Crippen molar-refractivity contribution in [3.63, 3.8) is 0 Å². The molecule has 10 heteroatoms. The second-order valence-corrected chi connectivity index (χ2v) is 11.8. The third kappa shape index (κ3) is 6.95. The molecule has 40 heavy (non-hydrogen) atoms. The number of hydrogen-bond donors (Lipinski definition) is 2. The van der Waals surface area contributed by atoms with Crippen molar-refractivity contribution < 1.29 is 18.3 Å². The fourth-order valence-corrected chi connectivity index (χ4v) is 6.05. The van der Waals surface area contributed by atoms with Gasteiger partial charge in [-0.2, -0.15) is 18.2 Å². The summed E-state index contributed by atoms with van der Waals surface area (Å²) < 4.78 is 40.8. The SMILES string of the molecule is CC(C)N1CCN(Cc2ccc(-c3cn([C@H]4CC[C@H](O)CC4)c4nc(N[C@@H](C)CC(F)(F)F)ncc34)cc2)CC1. The number of fused-ring (bicyclic) bond motifs is 1. The summed E-state index contributed by atoms with van der Waals surface area (Å²) in [6, 6.07) is 8.55. The lowest BCUT2D eigenvalue weighted by molar-refractivity contribution is -0.136. The zero-order valence-electron chi connectivity index (χ0n) is 23.7. The molecule has 0 spiro atoms. The highest BCUT2D eigenvalue weighted by atomic mass is 19.4. The normalized spacial score (nSPS) is 22.2. The van der Waals surface area contributed by atoms with E-state index in [1.807, 2.05) is 0 Å². The lowest BCUT2D eigenvalue weighted by Crippen LogP contribution is -2.48. The first-order valence-corrected chi connectivity index (χ1v) is 14.5.